The fourth-order valence-electron chi connectivity index (χ4n) is 0.879. The van der Waals surface area contributed by atoms with Gasteiger partial charge < -0.3 is 5.32 Å². The van der Waals surface area contributed by atoms with Crippen molar-refractivity contribution < 1.29 is 0 Å². The average Bonchev–Trinajstić information content (AvgIpc) is 1.74. The lowest BCUT2D eigenvalue weighted by atomic mass is 10.0. The van der Waals surface area contributed by atoms with Crippen molar-refractivity contribution in [1.29, 1.82) is 0 Å². The Balaban J connectivity index is 2.41. The summed E-state index contributed by atoms with van der Waals surface area (Å²) < 4.78 is 0. The van der Waals surface area contributed by atoms with Gasteiger partial charge in [-0.15, -0.1) is 0 Å². The van der Waals surface area contributed by atoms with Crippen LogP contribution in [0.4, 0.5) is 0 Å². The van der Waals surface area contributed by atoms with Crippen molar-refractivity contribution in [3.8, 4) is 0 Å². The largest absolute Gasteiger partial charge is 0.380 e. The average molecular weight is 141 g/mol. The zero-order valence-corrected chi connectivity index (χ0v) is 5.39. The normalized spacial score (nSPS) is 29.2. The molecule has 1 unspecified atom stereocenters. The second-order valence-corrected chi connectivity index (χ2v) is 2.36. The standard InChI is InChI=1S/C6H5ClN2/c7-6-4-3-9-5(4)1-2-8-6/h1-3,5,9H. The van der Waals surface area contributed by atoms with Crippen LogP contribution in [0.3, 0.4) is 0 Å². The number of hydrogen-bond donors (Lipinski definition) is 1. The molecule has 0 aromatic carbocycles. The van der Waals surface area contributed by atoms with Gasteiger partial charge in [-0.3, -0.25) is 0 Å². The van der Waals surface area contributed by atoms with Crippen LogP contribution in [0, 0.1) is 0 Å². The molecule has 0 bridgehead atoms. The summed E-state index contributed by atoms with van der Waals surface area (Å²) in [5.41, 5.74) is 1.10. The summed E-state index contributed by atoms with van der Waals surface area (Å²) in [4.78, 5) is 3.91. The minimum atomic E-state index is 0.329. The molecule has 0 aromatic heterocycles. The summed E-state index contributed by atoms with van der Waals surface area (Å²) in [6.07, 6.45) is 5.57. The van der Waals surface area contributed by atoms with Crippen molar-refractivity contribution in [3.05, 3.63) is 24.0 Å². The zero-order chi connectivity index (χ0) is 6.27. The molecule has 2 aliphatic rings. The van der Waals surface area contributed by atoms with Gasteiger partial charge in [-0.2, -0.15) is 0 Å². The molecule has 0 saturated carbocycles. The van der Waals surface area contributed by atoms with E-state index in [0.717, 1.165) is 5.57 Å². The Bertz CT molecular complexity index is 227. The monoisotopic (exact) mass is 140 g/mol. The third-order valence-corrected chi connectivity index (χ3v) is 1.77. The Kier molecular flexibility index (Phi) is 0.904. The summed E-state index contributed by atoms with van der Waals surface area (Å²) >= 11 is 5.70. The lowest BCUT2D eigenvalue weighted by Crippen LogP contribution is -2.38. The van der Waals surface area contributed by atoms with E-state index in [9.17, 15) is 0 Å². The van der Waals surface area contributed by atoms with Gasteiger partial charge in [-0.25, -0.2) is 4.99 Å². The molecule has 0 aliphatic carbocycles. The van der Waals surface area contributed by atoms with E-state index in [1.54, 1.807) is 6.20 Å². The van der Waals surface area contributed by atoms with Crippen molar-refractivity contribution in [2.75, 3.05) is 0 Å². The predicted molar refractivity (Wildman–Crippen MR) is 37.4 cm³/mol. The number of nitrogens with zero attached hydrogens (tertiary/aromatic N) is 1. The third-order valence-electron chi connectivity index (χ3n) is 1.46. The number of hydrogen-bond acceptors (Lipinski definition) is 2. The zero-order valence-electron chi connectivity index (χ0n) is 4.63. The highest BCUT2D eigenvalue weighted by molar-refractivity contribution is 6.70. The van der Waals surface area contributed by atoms with Crippen LogP contribution in [-0.4, -0.2) is 11.2 Å². The van der Waals surface area contributed by atoms with E-state index in [1.165, 1.54) is 0 Å². The molecule has 1 atom stereocenters. The highest BCUT2D eigenvalue weighted by Gasteiger charge is 2.23. The Hall–Kier alpha value is -0.760. The minimum Gasteiger partial charge on any atom is -0.380 e. The van der Waals surface area contributed by atoms with Gasteiger partial charge in [0.2, 0.25) is 0 Å². The summed E-state index contributed by atoms with van der Waals surface area (Å²) in [6, 6.07) is 0.329. The van der Waals surface area contributed by atoms with E-state index < -0.39 is 0 Å². The first kappa shape index (κ1) is 5.06. The van der Waals surface area contributed by atoms with Gasteiger partial charge in [0.15, 0.2) is 0 Å². The van der Waals surface area contributed by atoms with Gasteiger partial charge in [0, 0.05) is 18.0 Å². The molecule has 0 aromatic rings. The highest BCUT2D eigenvalue weighted by atomic mass is 35.5. The van der Waals surface area contributed by atoms with Crippen LogP contribution < -0.4 is 5.32 Å². The number of aliphatic imine (C=N–C) groups is 1. The van der Waals surface area contributed by atoms with Crippen LogP contribution in [0.25, 0.3) is 0 Å². The number of nitrogens with one attached hydrogen (secondary N) is 1. The van der Waals surface area contributed by atoms with Crippen LogP contribution in [-0.2, 0) is 0 Å². The van der Waals surface area contributed by atoms with E-state index in [1.807, 2.05) is 12.3 Å². The lowest BCUT2D eigenvalue weighted by Gasteiger charge is -2.27. The van der Waals surface area contributed by atoms with E-state index in [2.05, 4.69) is 10.3 Å². The van der Waals surface area contributed by atoms with Crippen LogP contribution in [0.5, 0.6) is 0 Å². The topological polar surface area (TPSA) is 24.4 Å². The van der Waals surface area contributed by atoms with Gasteiger partial charge >= 0.3 is 0 Å². The molecule has 2 rings (SSSR count). The third kappa shape index (κ3) is 0.598. The van der Waals surface area contributed by atoms with Crippen LogP contribution in [0.2, 0.25) is 0 Å². The molecule has 2 aliphatic heterocycles. The molecule has 0 radical (unpaired) electrons. The van der Waals surface area contributed by atoms with Gasteiger partial charge in [0.25, 0.3) is 0 Å². The molecule has 1 N–H and O–H groups in total. The van der Waals surface area contributed by atoms with Gasteiger partial charge in [-0.05, 0) is 6.08 Å². The van der Waals surface area contributed by atoms with Crippen molar-refractivity contribution >= 4 is 16.8 Å². The summed E-state index contributed by atoms with van der Waals surface area (Å²) in [5.74, 6) is 0. The highest BCUT2D eigenvalue weighted by Crippen LogP contribution is 2.20. The Morgan fingerprint density at radius 3 is 3.00 bits per heavy atom. The molecule has 2 heterocycles. The second-order valence-electron chi connectivity index (χ2n) is 2.01. The molecular weight excluding hydrogens is 136 g/mol. The first-order valence-corrected chi connectivity index (χ1v) is 3.12. The Labute approximate surface area is 57.9 Å². The smallest absolute Gasteiger partial charge is 0.136 e. The van der Waals surface area contributed by atoms with E-state index in [-0.39, 0.29) is 0 Å². The second kappa shape index (κ2) is 1.61. The van der Waals surface area contributed by atoms with Gasteiger partial charge in [0.05, 0.1) is 6.04 Å². The summed E-state index contributed by atoms with van der Waals surface area (Å²) in [6.45, 7) is 0. The molecule has 3 heteroatoms. The summed E-state index contributed by atoms with van der Waals surface area (Å²) in [5, 5.41) is 3.68. The fraction of sp³-hybridized carbons (Fsp3) is 0.167. The maximum atomic E-state index is 5.70. The van der Waals surface area contributed by atoms with Crippen molar-refractivity contribution in [2.24, 2.45) is 4.99 Å². The van der Waals surface area contributed by atoms with Crippen molar-refractivity contribution in [2.45, 2.75) is 6.04 Å². The lowest BCUT2D eigenvalue weighted by molar-refractivity contribution is 0.731. The molecule has 2 nitrogen and oxygen atoms in total. The number of rotatable bonds is 0. The van der Waals surface area contributed by atoms with E-state index >= 15 is 0 Å². The maximum Gasteiger partial charge on any atom is 0.136 e. The SMILES string of the molecule is ClC1=NC=CC2NC=C12. The maximum absolute atomic E-state index is 5.70. The molecule has 0 amide bonds. The van der Waals surface area contributed by atoms with Crippen LogP contribution in [0.1, 0.15) is 0 Å². The summed E-state index contributed by atoms with van der Waals surface area (Å²) in [7, 11) is 0. The quantitative estimate of drug-likeness (QED) is 0.534. The molecule has 46 valence electrons. The molecule has 0 saturated heterocycles. The Morgan fingerprint density at radius 1 is 1.67 bits per heavy atom. The first-order valence-electron chi connectivity index (χ1n) is 2.74. The fourth-order valence-corrected chi connectivity index (χ4v) is 1.11. The van der Waals surface area contributed by atoms with Crippen molar-refractivity contribution in [3.63, 3.8) is 0 Å². The number of halogens is 1. The van der Waals surface area contributed by atoms with E-state index in [4.69, 9.17) is 11.6 Å². The molecular formula is C6H5ClN2. The van der Waals surface area contributed by atoms with Gasteiger partial charge in [-0.1, -0.05) is 11.6 Å². The van der Waals surface area contributed by atoms with Crippen LogP contribution >= 0.6 is 11.6 Å². The minimum absolute atomic E-state index is 0.329. The Morgan fingerprint density at radius 2 is 2.56 bits per heavy atom. The first-order chi connectivity index (χ1) is 4.38. The van der Waals surface area contributed by atoms with Crippen LogP contribution in [0.15, 0.2) is 29.0 Å². The van der Waals surface area contributed by atoms with Gasteiger partial charge in [0.1, 0.15) is 5.17 Å². The van der Waals surface area contributed by atoms with Crippen molar-refractivity contribution in [1.82, 2.24) is 5.32 Å². The molecule has 9 heavy (non-hydrogen) atoms. The van der Waals surface area contributed by atoms with E-state index in [0.29, 0.717) is 11.2 Å². The number of fused-ring (bicyclic) bond motifs is 1. The predicted octanol–water partition coefficient (Wildman–Crippen LogP) is 1.01. The molecule has 0 spiro atoms. The molecule has 0 fully saturated rings.